The van der Waals surface area contributed by atoms with Crippen LogP contribution < -0.4 is 5.32 Å². The van der Waals surface area contributed by atoms with Gasteiger partial charge >= 0.3 is 5.91 Å². The first kappa shape index (κ1) is 11.4. The Balaban J connectivity index is 2.66. The van der Waals surface area contributed by atoms with E-state index in [1.165, 1.54) is 0 Å². The van der Waals surface area contributed by atoms with Crippen LogP contribution in [0.15, 0.2) is 0 Å². The van der Waals surface area contributed by atoms with Gasteiger partial charge in [0.2, 0.25) is 0 Å². The van der Waals surface area contributed by atoms with Crippen LogP contribution in [0.2, 0.25) is 0 Å². The Morgan fingerprint density at radius 2 is 2.07 bits per heavy atom. The standard InChI is InChI=1S/C11H21N2O/c1-11(2,3)12-9-7-5-6-8-13(4)10(9)14/h9,12H,4-8H2,1-3H3/q+1. The Hall–Kier alpha value is -0.700. The molecule has 0 aromatic heterocycles. The molecule has 0 aromatic carbocycles. The van der Waals surface area contributed by atoms with Gasteiger partial charge in [0, 0.05) is 12.0 Å². The first-order valence-electron chi connectivity index (χ1n) is 5.30. The molecule has 1 fully saturated rings. The lowest BCUT2D eigenvalue weighted by Gasteiger charge is -2.24. The molecule has 1 aliphatic heterocycles. The first-order valence-corrected chi connectivity index (χ1v) is 5.30. The van der Waals surface area contributed by atoms with Gasteiger partial charge in [0.25, 0.3) is 0 Å². The number of rotatable bonds is 1. The normalized spacial score (nSPS) is 24.9. The Labute approximate surface area is 86.2 Å². The fourth-order valence-electron chi connectivity index (χ4n) is 1.76. The third kappa shape index (κ3) is 3.22. The Bertz CT molecular complexity index is 240. The maximum Gasteiger partial charge on any atom is 0.403 e. The van der Waals surface area contributed by atoms with Crippen molar-refractivity contribution in [3.63, 3.8) is 0 Å². The van der Waals surface area contributed by atoms with Gasteiger partial charge in [-0.15, -0.1) is 0 Å². The predicted molar refractivity (Wildman–Crippen MR) is 57.8 cm³/mol. The molecule has 1 aliphatic rings. The molecule has 1 unspecified atom stereocenters. The van der Waals surface area contributed by atoms with E-state index in [4.69, 9.17) is 0 Å². The van der Waals surface area contributed by atoms with E-state index in [0.717, 1.165) is 25.8 Å². The number of carbonyl (C=O) groups is 1. The number of amides is 1. The SMILES string of the molecule is C=[N+]1CCCCC(NC(C)(C)C)C1=O. The number of nitrogens with zero attached hydrogens (tertiary/aromatic N) is 1. The van der Waals surface area contributed by atoms with Crippen molar-refractivity contribution in [2.45, 2.75) is 51.6 Å². The fraction of sp³-hybridized carbons (Fsp3) is 0.818. The minimum atomic E-state index is -0.0463. The highest BCUT2D eigenvalue weighted by Crippen LogP contribution is 2.12. The molecule has 1 heterocycles. The third-order valence-corrected chi connectivity index (χ3v) is 2.39. The fourth-order valence-corrected chi connectivity index (χ4v) is 1.76. The molecule has 0 bridgehead atoms. The summed E-state index contributed by atoms with van der Waals surface area (Å²) in [6.45, 7) is 10.8. The molecule has 3 nitrogen and oxygen atoms in total. The smallest absolute Gasteiger partial charge is 0.297 e. The van der Waals surface area contributed by atoms with Gasteiger partial charge in [0.05, 0.1) is 0 Å². The van der Waals surface area contributed by atoms with Crippen molar-refractivity contribution in [2.24, 2.45) is 0 Å². The summed E-state index contributed by atoms with van der Waals surface area (Å²) in [7, 11) is 0. The summed E-state index contributed by atoms with van der Waals surface area (Å²) in [6.07, 6.45) is 3.10. The third-order valence-electron chi connectivity index (χ3n) is 2.39. The van der Waals surface area contributed by atoms with Gasteiger partial charge in [-0.1, -0.05) is 0 Å². The topological polar surface area (TPSA) is 32.1 Å². The van der Waals surface area contributed by atoms with Crippen molar-refractivity contribution in [2.75, 3.05) is 6.54 Å². The molecular weight excluding hydrogens is 176 g/mol. The lowest BCUT2D eigenvalue weighted by molar-refractivity contribution is -0.441. The van der Waals surface area contributed by atoms with Gasteiger partial charge in [0.1, 0.15) is 12.8 Å². The zero-order chi connectivity index (χ0) is 10.8. The summed E-state index contributed by atoms with van der Waals surface area (Å²) >= 11 is 0. The average molecular weight is 197 g/mol. The average Bonchev–Trinajstić information content (AvgIpc) is 2.17. The highest BCUT2D eigenvalue weighted by molar-refractivity contribution is 5.75. The predicted octanol–water partition coefficient (Wildman–Crippen LogP) is 1.17. The van der Waals surface area contributed by atoms with Crippen LogP contribution >= 0.6 is 0 Å². The quantitative estimate of drug-likeness (QED) is 0.640. The van der Waals surface area contributed by atoms with Crippen molar-refractivity contribution >= 4 is 12.6 Å². The van der Waals surface area contributed by atoms with Gasteiger partial charge in [0.15, 0.2) is 6.54 Å². The van der Waals surface area contributed by atoms with E-state index >= 15 is 0 Å². The summed E-state index contributed by atoms with van der Waals surface area (Å²) in [5, 5.41) is 3.35. The van der Waals surface area contributed by atoms with E-state index in [1.807, 2.05) is 0 Å². The Morgan fingerprint density at radius 1 is 1.43 bits per heavy atom. The van der Waals surface area contributed by atoms with E-state index in [-0.39, 0.29) is 17.5 Å². The van der Waals surface area contributed by atoms with Crippen LogP contribution in [-0.4, -0.2) is 35.3 Å². The second kappa shape index (κ2) is 4.22. The lowest BCUT2D eigenvalue weighted by atomic mass is 10.0. The Kier molecular flexibility index (Phi) is 3.43. The molecule has 1 N–H and O–H groups in total. The van der Waals surface area contributed by atoms with Crippen LogP contribution in [0.5, 0.6) is 0 Å². The van der Waals surface area contributed by atoms with Crippen LogP contribution in [0.3, 0.4) is 0 Å². The minimum Gasteiger partial charge on any atom is -0.297 e. The number of hydrogen-bond donors (Lipinski definition) is 1. The van der Waals surface area contributed by atoms with Gasteiger partial charge in [-0.05, 0) is 33.6 Å². The summed E-state index contributed by atoms with van der Waals surface area (Å²) in [5.41, 5.74) is -0.00843. The van der Waals surface area contributed by atoms with E-state index in [1.54, 1.807) is 4.58 Å². The highest BCUT2D eigenvalue weighted by atomic mass is 16.2. The first-order chi connectivity index (χ1) is 6.40. The molecule has 14 heavy (non-hydrogen) atoms. The van der Waals surface area contributed by atoms with E-state index in [9.17, 15) is 4.79 Å². The van der Waals surface area contributed by atoms with Crippen LogP contribution in [0.25, 0.3) is 0 Å². The van der Waals surface area contributed by atoms with Crippen molar-refractivity contribution in [1.29, 1.82) is 0 Å². The summed E-state index contributed by atoms with van der Waals surface area (Å²) in [6, 6.07) is -0.0463. The largest absolute Gasteiger partial charge is 0.403 e. The number of nitrogens with one attached hydrogen (secondary N) is 1. The molecule has 0 radical (unpaired) electrons. The molecule has 3 heteroatoms. The second-order valence-corrected chi connectivity index (χ2v) is 5.04. The second-order valence-electron chi connectivity index (χ2n) is 5.04. The van der Waals surface area contributed by atoms with E-state index in [0.29, 0.717) is 0 Å². The molecule has 0 aliphatic carbocycles. The molecule has 1 saturated heterocycles. The molecule has 1 atom stereocenters. The van der Waals surface area contributed by atoms with Crippen LogP contribution in [0.1, 0.15) is 40.0 Å². The van der Waals surface area contributed by atoms with Gasteiger partial charge < -0.3 is 0 Å². The molecule has 0 spiro atoms. The van der Waals surface area contributed by atoms with Crippen molar-refractivity contribution in [1.82, 2.24) is 5.32 Å². The van der Waals surface area contributed by atoms with Gasteiger partial charge in [-0.3, -0.25) is 5.32 Å². The Morgan fingerprint density at radius 3 is 2.64 bits per heavy atom. The zero-order valence-corrected chi connectivity index (χ0v) is 9.47. The number of carbonyl (C=O) groups excluding carboxylic acids is 1. The molecular formula is C11H21N2O+. The number of hydrogen-bond acceptors (Lipinski definition) is 2. The minimum absolute atomic E-state index is 0.00843. The van der Waals surface area contributed by atoms with Crippen molar-refractivity contribution in [3.8, 4) is 0 Å². The van der Waals surface area contributed by atoms with Gasteiger partial charge in [-0.2, -0.15) is 4.58 Å². The van der Waals surface area contributed by atoms with Crippen LogP contribution in [-0.2, 0) is 4.79 Å². The highest BCUT2D eigenvalue weighted by Gasteiger charge is 2.32. The molecule has 0 saturated carbocycles. The summed E-state index contributed by atoms with van der Waals surface area (Å²) in [4.78, 5) is 11.8. The van der Waals surface area contributed by atoms with E-state index < -0.39 is 0 Å². The maximum atomic E-state index is 11.8. The van der Waals surface area contributed by atoms with Crippen LogP contribution in [0.4, 0.5) is 0 Å². The lowest BCUT2D eigenvalue weighted by Crippen LogP contribution is -2.49. The zero-order valence-electron chi connectivity index (χ0n) is 9.47. The molecule has 0 aromatic rings. The van der Waals surface area contributed by atoms with Gasteiger partial charge in [-0.25, -0.2) is 4.79 Å². The van der Waals surface area contributed by atoms with E-state index in [2.05, 4.69) is 32.8 Å². The summed E-state index contributed by atoms with van der Waals surface area (Å²) < 4.78 is 1.59. The van der Waals surface area contributed by atoms with Crippen molar-refractivity contribution in [3.05, 3.63) is 0 Å². The molecule has 1 amide bonds. The monoisotopic (exact) mass is 197 g/mol. The molecule has 80 valence electrons. The molecule has 1 rings (SSSR count). The summed E-state index contributed by atoms with van der Waals surface area (Å²) in [5.74, 6) is 0.137. The maximum absolute atomic E-state index is 11.8. The van der Waals surface area contributed by atoms with Crippen LogP contribution in [0, 0.1) is 0 Å². The van der Waals surface area contributed by atoms with Crippen molar-refractivity contribution < 1.29 is 9.37 Å².